The molecular formula is C19H24N8O4S. The molecule has 0 unspecified atom stereocenters. The molecule has 2 aromatic heterocycles. The van der Waals surface area contributed by atoms with Gasteiger partial charge in [0.2, 0.25) is 10.0 Å². The summed E-state index contributed by atoms with van der Waals surface area (Å²) in [7, 11) is -2.01. The van der Waals surface area contributed by atoms with E-state index in [4.69, 9.17) is 4.52 Å². The first kappa shape index (κ1) is 21.9. The molecule has 13 heteroatoms. The predicted octanol–water partition coefficient (Wildman–Crippen LogP) is 1.41. The van der Waals surface area contributed by atoms with E-state index in [0.29, 0.717) is 36.7 Å². The molecule has 3 aromatic rings. The van der Waals surface area contributed by atoms with Gasteiger partial charge in [0, 0.05) is 44.5 Å². The molecule has 12 nitrogen and oxygen atoms in total. The van der Waals surface area contributed by atoms with E-state index >= 15 is 0 Å². The van der Waals surface area contributed by atoms with E-state index < -0.39 is 10.0 Å². The molecule has 1 aliphatic rings. The predicted molar refractivity (Wildman–Crippen MR) is 114 cm³/mol. The van der Waals surface area contributed by atoms with Crippen LogP contribution in [0.4, 0.5) is 10.5 Å². The van der Waals surface area contributed by atoms with Crippen LogP contribution in [0.15, 0.2) is 33.7 Å². The van der Waals surface area contributed by atoms with Gasteiger partial charge in [-0.3, -0.25) is 0 Å². The van der Waals surface area contributed by atoms with Crippen molar-refractivity contribution in [2.45, 2.75) is 25.2 Å². The van der Waals surface area contributed by atoms with Gasteiger partial charge in [-0.05, 0) is 42.8 Å². The number of aryl methyl sites for hydroxylation is 3. The molecule has 4 rings (SSSR count). The minimum absolute atomic E-state index is 0.102. The zero-order valence-corrected chi connectivity index (χ0v) is 18.8. The molecule has 3 heterocycles. The van der Waals surface area contributed by atoms with E-state index in [9.17, 15) is 13.2 Å². The summed E-state index contributed by atoms with van der Waals surface area (Å²) in [5.41, 5.74) is 1.70. The van der Waals surface area contributed by atoms with Gasteiger partial charge in [0.25, 0.3) is 0 Å². The van der Waals surface area contributed by atoms with E-state index in [0.717, 1.165) is 5.56 Å². The van der Waals surface area contributed by atoms with E-state index in [1.807, 2.05) is 6.07 Å². The van der Waals surface area contributed by atoms with Gasteiger partial charge in [0.05, 0.1) is 0 Å². The monoisotopic (exact) mass is 460 g/mol. The number of sulfonamides is 1. The van der Waals surface area contributed by atoms with Crippen molar-refractivity contribution in [2.75, 3.05) is 31.5 Å². The minimum atomic E-state index is -3.75. The fourth-order valence-corrected chi connectivity index (χ4v) is 5.48. The third-order valence-electron chi connectivity index (χ3n) is 5.30. The summed E-state index contributed by atoms with van der Waals surface area (Å²) in [5, 5.41) is 18.1. The number of hydrogen-bond donors (Lipinski definition) is 1. The van der Waals surface area contributed by atoms with Crippen molar-refractivity contribution in [3.8, 4) is 11.4 Å². The molecule has 170 valence electrons. The molecular weight excluding hydrogens is 436 g/mol. The van der Waals surface area contributed by atoms with Crippen molar-refractivity contribution in [2.24, 2.45) is 7.05 Å². The van der Waals surface area contributed by atoms with Crippen molar-refractivity contribution in [1.29, 1.82) is 0 Å². The molecule has 0 saturated carbocycles. The molecule has 0 bridgehead atoms. The number of hydrogen-bond acceptors (Lipinski definition) is 8. The van der Waals surface area contributed by atoms with Gasteiger partial charge in [-0.2, -0.15) is 4.31 Å². The number of tetrazole rings is 1. The third kappa shape index (κ3) is 4.21. The summed E-state index contributed by atoms with van der Waals surface area (Å²) < 4.78 is 34.1. The number of amides is 2. The number of benzene rings is 1. The molecule has 0 spiro atoms. The van der Waals surface area contributed by atoms with E-state index in [1.54, 1.807) is 48.7 Å². The van der Waals surface area contributed by atoms with Gasteiger partial charge in [0.1, 0.15) is 10.6 Å². The topological polar surface area (TPSA) is 139 Å². The SMILES string of the molecule is Cc1noc(C)c1S(=O)(=O)N1CCCN(C(=O)Nc2cccc(-c3nnnn3C)c2)CC1. The van der Waals surface area contributed by atoms with Crippen LogP contribution in [-0.2, 0) is 17.1 Å². The maximum atomic E-state index is 13.1. The summed E-state index contributed by atoms with van der Waals surface area (Å²) in [6, 6.07) is 6.92. The Morgan fingerprint density at radius 2 is 1.97 bits per heavy atom. The van der Waals surface area contributed by atoms with Gasteiger partial charge >= 0.3 is 6.03 Å². The Balaban J connectivity index is 1.44. The summed E-state index contributed by atoms with van der Waals surface area (Å²) in [4.78, 5) is 14.6. The van der Waals surface area contributed by atoms with Crippen molar-refractivity contribution in [3.05, 3.63) is 35.7 Å². The molecule has 1 fully saturated rings. The molecule has 0 aliphatic carbocycles. The Hall–Kier alpha value is -3.32. The lowest BCUT2D eigenvalue weighted by Gasteiger charge is -2.22. The first-order valence-corrected chi connectivity index (χ1v) is 11.5. The maximum Gasteiger partial charge on any atom is 0.321 e. The van der Waals surface area contributed by atoms with Gasteiger partial charge in [-0.1, -0.05) is 17.3 Å². The summed E-state index contributed by atoms with van der Waals surface area (Å²) in [6.45, 7) is 4.38. The lowest BCUT2D eigenvalue weighted by Crippen LogP contribution is -2.39. The molecule has 1 N–H and O–H groups in total. The van der Waals surface area contributed by atoms with E-state index in [1.165, 1.54) is 4.31 Å². The van der Waals surface area contributed by atoms with Gasteiger partial charge < -0.3 is 14.7 Å². The first-order valence-electron chi connectivity index (χ1n) is 10.1. The highest BCUT2D eigenvalue weighted by Crippen LogP contribution is 2.25. The van der Waals surface area contributed by atoms with Crippen LogP contribution in [0.5, 0.6) is 0 Å². The van der Waals surface area contributed by atoms with Crippen molar-refractivity contribution < 1.29 is 17.7 Å². The van der Waals surface area contributed by atoms with Crippen molar-refractivity contribution >= 4 is 21.7 Å². The molecule has 2 amide bonds. The van der Waals surface area contributed by atoms with Crippen LogP contribution in [0, 0.1) is 13.8 Å². The molecule has 0 radical (unpaired) electrons. The van der Waals surface area contributed by atoms with E-state index in [-0.39, 0.29) is 29.8 Å². The highest BCUT2D eigenvalue weighted by molar-refractivity contribution is 7.89. The molecule has 1 saturated heterocycles. The second kappa shape index (κ2) is 8.67. The van der Waals surface area contributed by atoms with Crippen LogP contribution < -0.4 is 5.32 Å². The molecule has 1 aliphatic heterocycles. The number of carbonyl (C=O) groups excluding carboxylic acids is 1. The van der Waals surface area contributed by atoms with Gasteiger partial charge in [-0.15, -0.1) is 5.10 Å². The van der Waals surface area contributed by atoms with E-state index in [2.05, 4.69) is 26.0 Å². The minimum Gasteiger partial charge on any atom is -0.360 e. The average Bonchev–Trinajstić information content (AvgIpc) is 3.22. The standard InChI is InChI=1S/C19H24N8O4S/c1-13-17(14(2)31-22-13)32(29,30)27-9-5-8-26(10-11-27)19(28)20-16-7-4-6-15(12-16)18-21-23-24-25(18)3/h4,6-7,12H,5,8-11H2,1-3H3,(H,20,28). The number of aromatic nitrogens is 5. The number of nitrogens with zero attached hydrogens (tertiary/aromatic N) is 7. The first-order chi connectivity index (χ1) is 15.3. The number of carbonyl (C=O) groups is 1. The number of nitrogens with one attached hydrogen (secondary N) is 1. The van der Waals surface area contributed by atoms with Gasteiger partial charge in [-0.25, -0.2) is 17.9 Å². The van der Waals surface area contributed by atoms with Crippen LogP contribution in [-0.4, -0.2) is 75.2 Å². The van der Waals surface area contributed by atoms with Crippen LogP contribution in [0.3, 0.4) is 0 Å². The number of urea groups is 1. The van der Waals surface area contributed by atoms with Crippen LogP contribution >= 0.6 is 0 Å². The number of anilines is 1. The Kier molecular flexibility index (Phi) is 5.93. The highest BCUT2D eigenvalue weighted by atomic mass is 32.2. The Bertz CT molecular complexity index is 1220. The zero-order valence-electron chi connectivity index (χ0n) is 18.0. The Morgan fingerprint density at radius 3 is 2.66 bits per heavy atom. The van der Waals surface area contributed by atoms with Gasteiger partial charge in [0.15, 0.2) is 11.6 Å². The summed E-state index contributed by atoms with van der Waals surface area (Å²) in [5.74, 6) is 0.843. The quantitative estimate of drug-likeness (QED) is 0.616. The maximum absolute atomic E-state index is 13.1. The second-order valence-electron chi connectivity index (χ2n) is 7.54. The second-order valence-corrected chi connectivity index (χ2v) is 9.41. The van der Waals surface area contributed by atoms with Crippen molar-refractivity contribution in [3.63, 3.8) is 0 Å². The fraction of sp³-hybridized carbons (Fsp3) is 0.421. The average molecular weight is 461 g/mol. The lowest BCUT2D eigenvalue weighted by atomic mass is 10.2. The number of rotatable bonds is 4. The summed E-state index contributed by atoms with van der Waals surface area (Å²) >= 11 is 0. The zero-order chi connectivity index (χ0) is 22.9. The largest absolute Gasteiger partial charge is 0.360 e. The van der Waals surface area contributed by atoms with Crippen LogP contribution in [0.2, 0.25) is 0 Å². The summed E-state index contributed by atoms with van der Waals surface area (Å²) in [6.07, 6.45) is 0.515. The molecule has 32 heavy (non-hydrogen) atoms. The molecule has 0 atom stereocenters. The lowest BCUT2D eigenvalue weighted by molar-refractivity contribution is 0.214. The smallest absolute Gasteiger partial charge is 0.321 e. The molecule has 1 aromatic carbocycles. The Morgan fingerprint density at radius 1 is 1.16 bits per heavy atom. The van der Waals surface area contributed by atoms with Crippen LogP contribution in [0.1, 0.15) is 17.9 Å². The third-order valence-corrected chi connectivity index (χ3v) is 7.44. The highest BCUT2D eigenvalue weighted by Gasteiger charge is 2.32. The fourth-order valence-electron chi connectivity index (χ4n) is 3.72. The Labute approximate surface area is 185 Å². The normalized spacial score (nSPS) is 15.5. The van der Waals surface area contributed by atoms with Crippen molar-refractivity contribution in [1.82, 2.24) is 34.6 Å². The van der Waals surface area contributed by atoms with Crippen LogP contribution in [0.25, 0.3) is 11.4 Å².